The molecule has 0 saturated heterocycles. The minimum atomic E-state index is 0.731. The Balaban J connectivity index is 1.69. The fourth-order valence-corrected chi connectivity index (χ4v) is 3.44. The molecule has 0 aromatic carbocycles. The summed E-state index contributed by atoms with van der Waals surface area (Å²) in [5.74, 6) is 1.21. The number of nitrogens with zero attached hydrogens (tertiary/aromatic N) is 3. The fraction of sp³-hybridized carbons (Fsp3) is 0.643. The van der Waals surface area contributed by atoms with Gasteiger partial charge >= 0.3 is 0 Å². The maximum atomic E-state index is 4.87. The normalized spacial score (nSPS) is 19.2. The molecule has 0 radical (unpaired) electrons. The number of thiazole rings is 1. The summed E-state index contributed by atoms with van der Waals surface area (Å²) in [6, 6.07) is 1.47. The molecule has 0 amide bonds. The summed E-state index contributed by atoms with van der Waals surface area (Å²) in [4.78, 5) is 8.49. The van der Waals surface area contributed by atoms with Crippen LogP contribution in [0.5, 0.6) is 0 Å². The maximum Gasteiger partial charge on any atom is 0.195 e. The number of hydrogen-bond acceptors (Lipinski definition) is 4. The first kappa shape index (κ1) is 11.7. The molecule has 102 valence electrons. The SMILES string of the molecule is CCN(c1nc2sccn2c1CNC1CC1)C1CC1. The highest BCUT2D eigenvalue weighted by Gasteiger charge is 2.32. The lowest BCUT2D eigenvalue weighted by molar-refractivity contribution is 0.665. The molecule has 0 atom stereocenters. The van der Waals surface area contributed by atoms with Crippen LogP contribution in [0, 0.1) is 0 Å². The highest BCUT2D eigenvalue weighted by Crippen LogP contribution is 2.34. The minimum Gasteiger partial charge on any atom is -0.352 e. The Morgan fingerprint density at radius 1 is 1.42 bits per heavy atom. The van der Waals surface area contributed by atoms with Crippen LogP contribution >= 0.6 is 11.3 Å². The summed E-state index contributed by atoms with van der Waals surface area (Å²) >= 11 is 1.73. The molecule has 0 bridgehead atoms. The summed E-state index contributed by atoms with van der Waals surface area (Å²) < 4.78 is 2.26. The van der Waals surface area contributed by atoms with Crippen molar-refractivity contribution in [1.29, 1.82) is 0 Å². The summed E-state index contributed by atoms with van der Waals surface area (Å²) in [5.41, 5.74) is 1.34. The van der Waals surface area contributed by atoms with Crippen molar-refractivity contribution in [3.63, 3.8) is 0 Å². The molecule has 0 spiro atoms. The third kappa shape index (κ3) is 2.15. The van der Waals surface area contributed by atoms with E-state index in [1.165, 1.54) is 37.2 Å². The molecule has 1 N–H and O–H groups in total. The van der Waals surface area contributed by atoms with Gasteiger partial charge in [0.1, 0.15) is 0 Å². The first-order valence-corrected chi connectivity index (χ1v) is 8.19. The molecular formula is C14H20N4S. The Morgan fingerprint density at radius 2 is 2.26 bits per heavy atom. The van der Waals surface area contributed by atoms with Crippen LogP contribution < -0.4 is 10.2 Å². The highest BCUT2D eigenvalue weighted by molar-refractivity contribution is 7.15. The molecule has 0 unspecified atom stereocenters. The molecule has 2 fully saturated rings. The lowest BCUT2D eigenvalue weighted by Gasteiger charge is -2.21. The number of nitrogens with one attached hydrogen (secondary N) is 1. The molecule has 19 heavy (non-hydrogen) atoms. The Labute approximate surface area is 117 Å². The maximum absolute atomic E-state index is 4.87. The van der Waals surface area contributed by atoms with Gasteiger partial charge in [-0.1, -0.05) is 0 Å². The van der Waals surface area contributed by atoms with Crippen LogP contribution in [0.3, 0.4) is 0 Å². The van der Waals surface area contributed by atoms with E-state index in [4.69, 9.17) is 4.98 Å². The summed E-state index contributed by atoms with van der Waals surface area (Å²) in [5, 5.41) is 5.76. The van der Waals surface area contributed by atoms with Gasteiger partial charge in [0.05, 0.1) is 5.69 Å². The zero-order valence-electron chi connectivity index (χ0n) is 11.3. The fourth-order valence-electron chi connectivity index (χ4n) is 2.71. The van der Waals surface area contributed by atoms with Gasteiger partial charge in [-0.25, -0.2) is 4.98 Å². The van der Waals surface area contributed by atoms with Gasteiger partial charge in [0.15, 0.2) is 10.8 Å². The van der Waals surface area contributed by atoms with Crippen LogP contribution in [0.1, 0.15) is 38.3 Å². The predicted octanol–water partition coefficient (Wildman–Crippen LogP) is 2.64. The topological polar surface area (TPSA) is 32.6 Å². The van der Waals surface area contributed by atoms with Gasteiger partial charge in [-0.15, -0.1) is 11.3 Å². The lowest BCUT2D eigenvalue weighted by Crippen LogP contribution is -2.28. The Bertz CT molecular complexity index is 579. The van der Waals surface area contributed by atoms with Gasteiger partial charge < -0.3 is 10.2 Å². The summed E-state index contributed by atoms with van der Waals surface area (Å²) in [7, 11) is 0. The molecule has 2 aromatic rings. The monoisotopic (exact) mass is 276 g/mol. The molecule has 2 aliphatic rings. The Morgan fingerprint density at radius 3 is 2.95 bits per heavy atom. The third-order valence-corrected chi connectivity index (χ3v) is 4.83. The average Bonchev–Trinajstić information content (AvgIpc) is 3.30. The number of fused-ring (bicyclic) bond motifs is 1. The van der Waals surface area contributed by atoms with Crippen LogP contribution in [0.15, 0.2) is 11.6 Å². The molecular weight excluding hydrogens is 256 g/mol. The Hall–Kier alpha value is -1.07. The number of imidazole rings is 1. The van der Waals surface area contributed by atoms with Gasteiger partial charge in [0.2, 0.25) is 0 Å². The van der Waals surface area contributed by atoms with Gasteiger partial charge in [-0.05, 0) is 32.6 Å². The third-order valence-electron chi connectivity index (χ3n) is 4.08. The second-order valence-electron chi connectivity index (χ2n) is 5.61. The predicted molar refractivity (Wildman–Crippen MR) is 79.0 cm³/mol. The number of rotatable bonds is 6. The van der Waals surface area contributed by atoms with Crippen molar-refractivity contribution in [2.75, 3.05) is 11.4 Å². The van der Waals surface area contributed by atoms with Crippen molar-refractivity contribution in [3.05, 3.63) is 17.3 Å². The Kier molecular flexibility index (Phi) is 2.77. The number of aromatic nitrogens is 2. The van der Waals surface area contributed by atoms with Crippen molar-refractivity contribution < 1.29 is 0 Å². The van der Waals surface area contributed by atoms with Crippen molar-refractivity contribution in [2.24, 2.45) is 0 Å². The van der Waals surface area contributed by atoms with E-state index in [9.17, 15) is 0 Å². The van der Waals surface area contributed by atoms with Crippen LogP contribution in [0.25, 0.3) is 4.96 Å². The van der Waals surface area contributed by atoms with Gasteiger partial charge in [0, 0.05) is 36.8 Å². The molecule has 0 aliphatic heterocycles. The molecule has 2 aliphatic carbocycles. The van der Waals surface area contributed by atoms with Crippen molar-refractivity contribution in [2.45, 2.75) is 51.2 Å². The van der Waals surface area contributed by atoms with Gasteiger partial charge in [0.25, 0.3) is 0 Å². The van der Waals surface area contributed by atoms with Crippen LogP contribution in [0.2, 0.25) is 0 Å². The van der Waals surface area contributed by atoms with E-state index in [1.54, 1.807) is 11.3 Å². The van der Waals surface area contributed by atoms with E-state index in [-0.39, 0.29) is 0 Å². The molecule has 2 heterocycles. The molecule has 2 saturated carbocycles. The minimum absolute atomic E-state index is 0.731. The lowest BCUT2D eigenvalue weighted by atomic mass is 10.3. The first-order valence-electron chi connectivity index (χ1n) is 7.31. The van der Waals surface area contributed by atoms with Crippen molar-refractivity contribution >= 4 is 22.1 Å². The van der Waals surface area contributed by atoms with E-state index >= 15 is 0 Å². The van der Waals surface area contributed by atoms with E-state index in [1.807, 2.05) is 0 Å². The standard InChI is InChI=1S/C14H20N4S/c1-2-17(11-5-6-11)13-12(9-15-10-3-4-10)18-7-8-19-14(18)16-13/h7-8,10-11,15H,2-6,9H2,1H3. The number of hydrogen-bond donors (Lipinski definition) is 1. The number of anilines is 1. The van der Waals surface area contributed by atoms with Crippen LogP contribution in [0.4, 0.5) is 5.82 Å². The molecule has 5 heteroatoms. The van der Waals surface area contributed by atoms with E-state index < -0.39 is 0 Å². The smallest absolute Gasteiger partial charge is 0.195 e. The molecule has 4 nitrogen and oxygen atoms in total. The highest BCUT2D eigenvalue weighted by atomic mass is 32.1. The zero-order valence-corrected chi connectivity index (χ0v) is 12.1. The molecule has 2 aromatic heterocycles. The van der Waals surface area contributed by atoms with E-state index in [0.29, 0.717) is 0 Å². The van der Waals surface area contributed by atoms with Crippen molar-refractivity contribution in [3.8, 4) is 0 Å². The van der Waals surface area contributed by atoms with Crippen molar-refractivity contribution in [1.82, 2.24) is 14.7 Å². The van der Waals surface area contributed by atoms with Gasteiger partial charge in [-0.3, -0.25) is 4.40 Å². The first-order chi connectivity index (χ1) is 9.36. The summed E-state index contributed by atoms with van der Waals surface area (Å²) in [6.07, 6.45) is 7.48. The van der Waals surface area contributed by atoms with E-state index in [0.717, 1.165) is 30.1 Å². The second-order valence-corrected chi connectivity index (χ2v) is 6.48. The largest absolute Gasteiger partial charge is 0.352 e. The van der Waals surface area contributed by atoms with Crippen LogP contribution in [-0.4, -0.2) is 28.0 Å². The second kappa shape index (κ2) is 4.49. The quantitative estimate of drug-likeness (QED) is 0.880. The summed E-state index contributed by atoms with van der Waals surface area (Å²) in [6.45, 7) is 4.25. The van der Waals surface area contributed by atoms with E-state index in [2.05, 4.69) is 33.1 Å². The van der Waals surface area contributed by atoms with Crippen LogP contribution in [-0.2, 0) is 6.54 Å². The van der Waals surface area contributed by atoms with Gasteiger partial charge in [-0.2, -0.15) is 0 Å². The zero-order chi connectivity index (χ0) is 12.8. The molecule has 4 rings (SSSR count). The average molecular weight is 276 g/mol.